The van der Waals surface area contributed by atoms with E-state index in [1.54, 1.807) is 0 Å². The van der Waals surface area contributed by atoms with Crippen LogP contribution in [0.15, 0.2) is 83.3 Å². The first-order chi connectivity index (χ1) is 13.6. The molecule has 0 unspecified atom stereocenters. The highest BCUT2D eigenvalue weighted by Crippen LogP contribution is 2.30. The van der Waals surface area contributed by atoms with E-state index in [0.29, 0.717) is 6.61 Å². The molecule has 3 aromatic rings. The van der Waals surface area contributed by atoms with Gasteiger partial charge in [0, 0.05) is 10.0 Å². The summed E-state index contributed by atoms with van der Waals surface area (Å²) in [5.41, 5.74) is 4.74. The highest BCUT2D eigenvalue weighted by atomic mass is 79.9. The van der Waals surface area contributed by atoms with Crippen molar-refractivity contribution in [1.29, 1.82) is 0 Å². The molecular formula is C25H25BrO2. The van der Waals surface area contributed by atoms with Crippen LogP contribution in [0.2, 0.25) is 0 Å². The predicted octanol–water partition coefficient (Wildman–Crippen LogP) is 7.56. The molecule has 0 spiro atoms. The topological polar surface area (TPSA) is 18.5 Å². The normalized spacial score (nSPS) is 11.5. The molecule has 3 rings (SSSR count). The smallest absolute Gasteiger partial charge is 0.131 e. The third kappa shape index (κ3) is 5.82. The zero-order valence-corrected chi connectivity index (χ0v) is 17.9. The Morgan fingerprint density at radius 3 is 2.43 bits per heavy atom. The first kappa shape index (κ1) is 20.4. The maximum atomic E-state index is 6.01. The largest absolute Gasteiger partial charge is 0.457 e. The van der Waals surface area contributed by atoms with Gasteiger partial charge in [-0.1, -0.05) is 70.5 Å². The molecular weight excluding hydrogens is 412 g/mol. The molecule has 0 aliphatic heterocycles. The van der Waals surface area contributed by atoms with Crippen LogP contribution in [0, 0.1) is 6.92 Å². The highest BCUT2D eigenvalue weighted by Gasteiger charge is 2.05. The van der Waals surface area contributed by atoms with Crippen molar-refractivity contribution in [2.45, 2.75) is 26.9 Å². The Morgan fingerprint density at radius 2 is 1.68 bits per heavy atom. The van der Waals surface area contributed by atoms with Crippen LogP contribution < -0.4 is 4.74 Å². The summed E-state index contributed by atoms with van der Waals surface area (Å²) >= 11 is 3.54. The van der Waals surface area contributed by atoms with Crippen molar-refractivity contribution in [3.8, 4) is 11.5 Å². The van der Waals surface area contributed by atoms with Crippen molar-refractivity contribution in [2.75, 3.05) is 6.61 Å². The standard InChI is InChI=1S/C25H25BrO2/c1-19(8-7-17-27-18-21-9-4-3-5-10-21)22-13-15-23(16-14-22)28-25-12-6-11-24(26)20(25)2/h3-6,8-16H,7,17-18H2,1-2H3. The molecule has 0 saturated carbocycles. The van der Waals surface area contributed by atoms with Crippen molar-refractivity contribution in [3.63, 3.8) is 0 Å². The Balaban J connectivity index is 1.50. The Labute approximate surface area is 176 Å². The van der Waals surface area contributed by atoms with Gasteiger partial charge in [0.15, 0.2) is 0 Å². The molecule has 0 bridgehead atoms. The lowest BCUT2D eigenvalue weighted by Crippen LogP contribution is -1.94. The molecule has 0 aromatic heterocycles. The van der Waals surface area contributed by atoms with E-state index in [-0.39, 0.29) is 0 Å². The van der Waals surface area contributed by atoms with Crippen LogP contribution in [0.4, 0.5) is 0 Å². The van der Waals surface area contributed by atoms with E-state index < -0.39 is 0 Å². The lowest BCUT2D eigenvalue weighted by atomic mass is 10.1. The maximum absolute atomic E-state index is 6.01. The minimum absolute atomic E-state index is 0.661. The quantitative estimate of drug-likeness (QED) is 0.339. The number of benzene rings is 3. The van der Waals surface area contributed by atoms with Crippen molar-refractivity contribution in [1.82, 2.24) is 0 Å². The molecule has 0 heterocycles. The minimum Gasteiger partial charge on any atom is -0.457 e. The monoisotopic (exact) mass is 436 g/mol. The van der Waals surface area contributed by atoms with Gasteiger partial charge in [-0.2, -0.15) is 0 Å². The highest BCUT2D eigenvalue weighted by molar-refractivity contribution is 9.10. The fourth-order valence-corrected chi connectivity index (χ4v) is 3.20. The fraction of sp³-hybridized carbons (Fsp3) is 0.200. The summed E-state index contributed by atoms with van der Waals surface area (Å²) in [4.78, 5) is 0. The molecule has 3 aromatic carbocycles. The van der Waals surface area contributed by atoms with Crippen LogP contribution in [0.25, 0.3) is 5.57 Å². The van der Waals surface area contributed by atoms with Crippen LogP contribution in [0.1, 0.15) is 30.0 Å². The number of hydrogen-bond donors (Lipinski definition) is 0. The van der Waals surface area contributed by atoms with Crippen LogP contribution in [0.5, 0.6) is 11.5 Å². The average Bonchev–Trinajstić information content (AvgIpc) is 2.72. The van der Waals surface area contributed by atoms with Gasteiger partial charge in [-0.3, -0.25) is 0 Å². The SMILES string of the molecule is CC(=CCCOCc1ccccc1)c1ccc(Oc2cccc(Br)c2C)cc1. The Morgan fingerprint density at radius 1 is 0.929 bits per heavy atom. The first-order valence-corrected chi connectivity index (χ1v) is 10.2. The van der Waals surface area contributed by atoms with E-state index in [2.05, 4.69) is 53.2 Å². The molecule has 28 heavy (non-hydrogen) atoms. The van der Waals surface area contributed by atoms with Crippen molar-refractivity contribution < 1.29 is 9.47 Å². The summed E-state index contributed by atoms with van der Waals surface area (Å²) < 4.78 is 12.8. The molecule has 0 radical (unpaired) electrons. The summed E-state index contributed by atoms with van der Waals surface area (Å²) in [6.45, 7) is 5.55. The van der Waals surface area contributed by atoms with Gasteiger partial charge >= 0.3 is 0 Å². The molecule has 2 nitrogen and oxygen atoms in total. The molecule has 0 fully saturated rings. The van der Waals surface area contributed by atoms with Gasteiger partial charge in [0.2, 0.25) is 0 Å². The van der Waals surface area contributed by atoms with Gasteiger partial charge in [0.25, 0.3) is 0 Å². The number of hydrogen-bond acceptors (Lipinski definition) is 2. The van der Waals surface area contributed by atoms with Gasteiger partial charge in [-0.15, -0.1) is 0 Å². The Kier molecular flexibility index (Phi) is 7.46. The summed E-state index contributed by atoms with van der Waals surface area (Å²) in [5.74, 6) is 1.70. The van der Waals surface area contributed by atoms with E-state index in [9.17, 15) is 0 Å². The van der Waals surface area contributed by atoms with E-state index >= 15 is 0 Å². The van der Waals surface area contributed by atoms with Crippen LogP contribution >= 0.6 is 15.9 Å². The third-order valence-electron chi connectivity index (χ3n) is 4.58. The molecule has 0 saturated heterocycles. The second-order valence-electron chi connectivity index (χ2n) is 6.70. The Bertz CT molecular complexity index is 915. The summed E-state index contributed by atoms with van der Waals surface area (Å²) in [6.07, 6.45) is 3.12. The van der Waals surface area contributed by atoms with Crippen molar-refractivity contribution in [3.05, 3.63) is 100 Å². The van der Waals surface area contributed by atoms with Gasteiger partial charge in [0.1, 0.15) is 11.5 Å². The van der Waals surface area contributed by atoms with Gasteiger partial charge in [0.05, 0.1) is 13.2 Å². The van der Waals surface area contributed by atoms with Crippen LogP contribution in [-0.4, -0.2) is 6.61 Å². The van der Waals surface area contributed by atoms with Crippen molar-refractivity contribution in [2.24, 2.45) is 0 Å². The number of allylic oxidation sites excluding steroid dienone is 1. The Hall–Kier alpha value is -2.36. The minimum atomic E-state index is 0.661. The van der Waals surface area contributed by atoms with E-state index in [1.165, 1.54) is 16.7 Å². The molecule has 0 aliphatic rings. The summed E-state index contributed by atoms with van der Waals surface area (Å²) in [6, 6.07) is 24.5. The molecule has 0 N–H and O–H groups in total. The number of ether oxygens (including phenoxy) is 2. The molecule has 3 heteroatoms. The van der Waals surface area contributed by atoms with Gasteiger partial charge in [-0.25, -0.2) is 0 Å². The van der Waals surface area contributed by atoms with Gasteiger partial charge < -0.3 is 9.47 Å². The van der Waals surface area contributed by atoms with E-state index in [1.807, 2.05) is 55.5 Å². The summed E-state index contributed by atoms with van der Waals surface area (Å²) in [5, 5.41) is 0. The number of halogens is 1. The fourth-order valence-electron chi connectivity index (χ4n) is 2.85. The zero-order chi connectivity index (χ0) is 19.8. The zero-order valence-electron chi connectivity index (χ0n) is 16.3. The van der Waals surface area contributed by atoms with Crippen molar-refractivity contribution >= 4 is 21.5 Å². The third-order valence-corrected chi connectivity index (χ3v) is 5.44. The molecule has 0 atom stereocenters. The van der Waals surface area contributed by atoms with E-state index in [4.69, 9.17) is 9.47 Å². The van der Waals surface area contributed by atoms with E-state index in [0.717, 1.165) is 34.6 Å². The predicted molar refractivity (Wildman–Crippen MR) is 120 cm³/mol. The maximum Gasteiger partial charge on any atom is 0.131 e. The second-order valence-corrected chi connectivity index (χ2v) is 7.56. The first-order valence-electron chi connectivity index (χ1n) is 9.45. The van der Waals surface area contributed by atoms with Crippen LogP contribution in [0.3, 0.4) is 0 Å². The van der Waals surface area contributed by atoms with Crippen LogP contribution in [-0.2, 0) is 11.3 Å². The average molecular weight is 437 g/mol. The number of rotatable bonds is 8. The van der Waals surface area contributed by atoms with Gasteiger partial charge in [-0.05, 0) is 61.2 Å². The molecule has 0 aliphatic carbocycles. The molecule has 144 valence electrons. The molecule has 0 amide bonds. The second kappa shape index (κ2) is 10.3. The lowest BCUT2D eigenvalue weighted by molar-refractivity contribution is 0.125. The summed E-state index contributed by atoms with van der Waals surface area (Å²) in [7, 11) is 0. The lowest BCUT2D eigenvalue weighted by Gasteiger charge is -2.10.